The minimum Gasteiger partial charge on any atom is -0.394 e. The molecule has 0 aromatic heterocycles. The van der Waals surface area contributed by atoms with Crippen molar-refractivity contribution in [1.29, 1.82) is 0 Å². The summed E-state index contributed by atoms with van der Waals surface area (Å²) in [6.07, 6.45) is 0.816. The Labute approximate surface area is 65.5 Å². The summed E-state index contributed by atoms with van der Waals surface area (Å²) in [7, 11) is 0. The van der Waals surface area contributed by atoms with Crippen LogP contribution in [0.4, 0.5) is 0 Å². The molecule has 0 bridgehead atoms. The van der Waals surface area contributed by atoms with E-state index in [2.05, 4.69) is 4.99 Å². The summed E-state index contributed by atoms with van der Waals surface area (Å²) < 4.78 is 5.17. The zero-order valence-electron chi connectivity index (χ0n) is 6.47. The second-order valence-electron chi connectivity index (χ2n) is 2.52. The molecule has 0 amide bonds. The maximum Gasteiger partial charge on any atom is 0.151 e. The average molecular weight is 159 g/mol. The van der Waals surface area contributed by atoms with Crippen LogP contribution in [0.25, 0.3) is 0 Å². The largest absolute Gasteiger partial charge is 0.394 e. The maximum atomic E-state index is 9.23. The van der Waals surface area contributed by atoms with Crippen LogP contribution in [-0.4, -0.2) is 41.5 Å². The Morgan fingerprint density at radius 2 is 2.45 bits per heavy atom. The van der Waals surface area contributed by atoms with E-state index in [0.29, 0.717) is 6.42 Å². The molecule has 11 heavy (non-hydrogen) atoms. The monoisotopic (exact) mass is 159 g/mol. The fraction of sp³-hybridized carbons (Fsp3) is 0.857. The molecular formula is C7H13NO3. The minimum absolute atomic E-state index is 0.142. The smallest absolute Gasteiger partial charge is 0.151 e. The Hall–Kier alpha value is -0.450. The molecule has 4 nitrogen and oxygen atoms in total. The number of ether oxygens (including phenoxy) is 1. The van der Waals surface area contributed by atoms with Gasteiger partial charge in [-0.25, -0.2) is 0 Å². The quantitative estimate of drug-likeness (QED) is 0.536. The van der Waals surface area contributed by atoms with Gasteiger partial charge in [-0.05, 0) is 13.1 Å². The first-order valence-corrected chi connectivity index (χ1v) is 3.70. The molecule has 64 valence electrons. The van der Waals surface area contributed by atoms with E-state index in [1.54, 1.807) is 13.1 Å². The van der Waals surface area contributed by atoms with Gasteiger partial charge in [0.15, 0.2) is 6.23 Å². The lowest BCUT2D eigenvalue weighted by Gasteiger charge is -2.08. The Balaban J connectivity index is 2.42. The van der Waals surface area contributed by atoms with Crippen LogP contribution in [0.5, 0.6) is 0 Å². The standard InChI is InChI=1S/C7H13NO3/c1-2-8-7-3-5(10)6(4-9)11-7/h2,5-7,9-10H,3-4H2,1H3. The fourth-order valence-corrected chi connectivity index (χ4v) is 1.13. The van der Waals surface area contributed by atoms with Crippen LogP contribution in [0.2, 0.25) is 0 Å². The Bertz CT molecular complexity index is 149. The lowest BCUT2D eigenvalue weighted by atomic mass is 10.2. The zero-order chi connectivity index (χ0) is 8.27. The van der Waals surface area contributed by atoms with Crippen LogP contribution in [0.15, 0.2) is 4.99 Å². The van der Waals surface area contributed by atoms with E-state index in [1.807, 2.05) is 0 Å². The summed E-state index contributed by atoms with van der Waals surface area (Å²) in [5, 5.41) is 17.9. The molecule has 3 atom stereocenters. The molecule has 1 rings (SSSR count). The second kappa shape index (κ2) is 3.80. The normalized spacial score (nSPS) is 38.6. The molecule has 1 heterocycles. The number of hydrogen-bond donors (Lipinski definition) is 2. The van der Waals surface area contributed by atoms with Crippen molar-refractivity contribution in [1.82, 2.24) is 0 Å². The van der Waals surface area contributed by atoms with Gasteiger partial charge in [0.05, 0.1) is 12.7 Å². The van der Waals surface area contributed by atoms with Crippen molar-refractivity contribution in [3.8, 4) is 0 Å². The highest BCUT2D eigenvalue weighted by molar-refractivity contribution is 5.53. The molecule has 4 heteroatoms. The van der Waals surface area contributed by atoms with Gasteiger partial charge in [-0.15, -0.1) is 0 Å². The van der Waals surface area contributed by atoms with Gasteiger partial charge in [-0.1, -0.05) is 0 Å². The molecular weight excluding hydrogens is 146 g/mol. The number of aliphatic imine (C=N–C) groups is 1. The third kappa shape index (κ3) is 1.99. The molecule has 0 saturated carbocycles. The van der Waals surface area contributed by atoms with Crippen molar-refractivity contribution in [2.45, 2.75) is 31.8 Å². The summed E-state index contributed by atoms with van der Waals surface area (Å²) in [6, 6.07) is 0. The Morgan fingerprint density at radius 3 is 2.91 bits per heavy atom. The summed E-state index contributed by atoms with van der Waals surface area (Å²) >= 11 is 0. The Morgan fingerprint density at radius 1 is 1.73 bits per heavy atom. The molecule has 1 aliphatic heterocycles. The first-order chi connectivity index (χ1) is 5.27. The molecule has 1 fully saturated rings. The molecule has 1 aliphatic rings. The van der Waals surface area contributed by atoms with Gasteiger partial charge in [0.25, 0.3) is 0 Å². The third-order valence-electron chi connectivity index (χ3n) is 1.70. The first kappa shape index (κ1) is 8.64. The summed E-state index contributed by atoms with van der Waals surface area (Å²) in [5.41, 5.74) is 0. The number of aliphatic hydroxyl groups is 2. The summed E-state index contributed by atoms with van der Waals surface area (Å²) in [4.78, 5) is 3.95. The molecule has 0 aromatic rings. The zero-order valence-corrected chi connectivity index (χ0v) is 6.47. The molecule has 0 spiro atoms. The van der Waals surface area contributed by atoms with E-state index in [0.717, 1.165) is 0 Å². The number of hydrogen-bond acceptors (Lipinski definition) is 4. The van der Waals surface area contributed by atoms with E-state index >= 15 is 0 Å². The van der Waals surface area contributed by atoms with Gasteiger partial charge in [0, 0.05) is 6.42 Å². The van der Waals surface area contributed by atoms with Crippen molar-refractivity contribution in [3.05, 3.63) is 0 Å². The van der Waals surface area contributed by atoms with Crippen LogP contribution in [-0.2, 0) is 4.74 Å². The van der Waals surface area contributed by atoms with Crippen LogP contribution in [0.1, 0.15) is 13.3 Å². The van der Waals surface area contributed by atoms with Gasteiger partial charge in [-0.3, -0.25) is 4.99 Å². The third-order valence-corrected chi connectivity index (χ3v) is 1.70. The van der Waals surface area contributed by atoms with Gasteiger partial charge >= 0.3 is 0 Å². The fourth-order valence-electron chi connectivity index (χ4n) is 1.13. The molecule has 2 N–H and O–H groups in total. The topological polar surface area (TPSA) is 62.1 Å². The van der Waals surface area contributed by atoms with Crippen LogP contribution < -0.4 is 0 Å². The highest BCUT2D eigenvalue weighted by Crippen LogP contribution is 2.20. The average Bonchev–Trinajstić information content (AvgIpc) is 2.32. The minimum atomic E-state index is -0.575. The van der Waals surface area contributed by atoms with E-state index in [4.69, 9.17) is 9.84 Å². The summed E-state index contributed by atoms with van der Waals surface area (Å²) in [6.45, 7) is 1.65. The van der Waals surface area contributed by atoms with Gasteiger partial charge in [0.1, 0.15) is 6.10 Å². The predicted octanol–water partition coefficient (Wildman–Crippen LogP) is -0.455. The van der Waals surface area contributed by atoms with Gasteiger partial charge < -0.3 is 14.9 Å². The van der Waals surface area contributed by atoms with Crippen molar-refractivity contribution in [3.63, 3.8) is 0 Å². The highest BCUT2D eigenvalue weighted by atomic mass is 16.5. The van der Waals surface area contributed by atoms with Crippen LogP contribution in [0, 0.1) is 0 Å². The second-order valence-corrected chi connectivity index (χ2v) is 2.52. The van der Waals surface area contributed by atoms with Crippen LogP contribution >= 0.6 is 0 Å². The molecule has 0 aromatic carbocycles. The van der Waals surface area contributed by atoms with E-state index in [-0.39, 0.29) is 12.8 Å². The number of rotatable bonds is 2. The van der Waals surface area contributed by atoms with E-state index < -0.39 is 12.2 Å². The van der Waals surface area contributed by atoms with E-state index in [9.17, 15) is 5.11 Å². The molecule has 0 radical (unpaired) electrons. The lowest BCUT2D eigenvalue weighted by molar-refractivity contribution is -0.0192. The molecule has 1 saturated heterocycles. The van der Waals surface area contributed by atoms with Gasteiger partial charge in [0.2, 0.25) is 0 Å². The molecule has 0 aliphatic carbocycles. The number of aliphatic hydroxyl groups excluding tert-OH is 2. The Kier molecular flexibility index (Phi) is 2.99. The summed E-state index contributed by atoms with van der Waals surface area (Å²) in [5.74, 6) is 0. The SMILES string of the molecule is CC=NC1CC(O)C(CO)O1. The maximum absolute atomic E-state index is 9.23. The van der Waals surface area contributed by atoms with Crippen LogP contribution in [0.3, 0.4) is 0 Å². The molecule has 3 unspecified atom stereocenters. The van der Waals surface area contributed by atoms with E-state index in [1.165, 1.54) is 0 Å². The van der Waals surface area contributed by atoms with Crippen molar-refractivity contribution >= 4 is 6.21 Å². The predicted molar refractivity (Wildman–Crippen MR) is 40.5 cm³/mol. The van der Waals surface area contributed by atoms with Gasteiger partial charge in [-0.2, -0.15) is 0 Å². The van der Waals surface area contributed by atoms with Crippen molar-refractivity contribution < 1.29 is 14.9 Å². The highest BCUT2D eigenvalue weighted by Gasteiger charge is 2.32. The van der Waals surface area contributed by atoms with Crippen molar-refractivity contribution in [2.24, 2.45) is 4.99 Å². The lowest BCUT2D eigenvalue weighted by Crippen LogP contribution is -2.24. The first-order valence-electron chi connectivity index (χ1n) is 3.70. The van der Waals surface area contributed by atoms with Crippen molar-refractivity contribution in [2.75, 3.05) is 6.61 Å². The number of nitrogens with zero attached hydrogens (tertiary/aromatic N) is 1.